The zero-order valence-electron chi connectivity index (χ0n) is 12.8. The molecule has 0 aromatic heterocycles. The number of benzene rings is 2. The summed E-state index contributed by atoms with van der Waals surface area (Å²) in [4.78, 5) is 12.0. The van der Waals surface area contributed by atoms with E-state index in [-0.39, 0.29) is 21.8 Å². The fourth-order valence-electron chi connectivity index (χ4n) is 2.92. The van der Waals surface area contributed by atoms with Crippen LogP contribution in [0.3, 0.4) is 0 Å². The molecule has 24 heavy (non-hydrogen) atoms. The minimum atomic E-state index is -3.66. The third-order valence-corrected chi connectivity index (χ3v) is 5.03. The lowest BCUT2D eigenvalue weighted by atomic mass is 9.93. The van der Waals surface area contributed by atoms with Crippen molar-refractivity contribution >= 4 is 21.2 Å². The zero-order chi connectivity index (χ0) is 17.5. The number of Topliss-reactive ketones (excluding diaryl/α,β-unsaturated/α-hetero) is 1. The fraction of sp³-hybridized carbons (Fsp3) is 0.167. The molecular formula is C18H14F2O3S. The number of carbonyl (C=O) groups excluding carboxylic acids is 1. The molecule has 0 amide bonds. The van der Waals surface area contributed by atoms with Gasteiger partial charge in [-0.05, 0) is 35.7 Å². The minimum Gasteiger partial charge on any atom is -0.294 e. The molecule has 0 heterocycles. The first-order valence-corrected chi connectivity index (χ1v) is 9.20. The first-order chi connectivity index (χ1) is 11.3. The van der Waals surface area contributed by atoms with Gasteiger partial charge in [0, 0.05) is 29.9 Å². The highest BCUT2D eigenvalue weighted by Crippen LogP contribution is 2.38. The molecular weight excluding hydrogens is 334 g/mol. The molecule has 0 saturated heterocycles. The minimum absolute atomic E-state index is 0.0643. The number of carbonyl (C=O) groups is 1. The number of halogens is 2. The Morgan fingerprint density at radius 3 is 2.25 bits per heavy atom. The Kier molecular flexibility index (Phi) is 4.09. The van der Waals surface area contributed by atoms with Gasteiger partial charge in [-0.1, -0.05) is 18.2 Å². The maximum Gasteiger partial charge on any atom is 0.176 e. The van der Waals surface area contributed by atoms with E-state index in [2.05, 4.69) is 0 Å². The van der Waals surface area contributed by atoms with E-state index >= 15 is 0 Å². The van der Waals surface area contributed by atoms with E-state index in [4.69, 9.17) is 0 Å². The van der Waals surface area contributed by atoms with Gasteiger partial charge in [0.15, 0.2) is 15.6 Å². The first-order valence-electron chi connectivity index (χ1n) is 7.30. The van der Waals surface area contributed by atoms with Crippen LogP contribution in [-0.2, 0) is 14.6 Å². The summed E-state index contributed by atoms with van der Waals surface area (Å²) in [5.74, 6) is -1.74. The smallest absolute Gasteiger partial charge is 0.176 e. The van der Waals surface area contributed by atoms with E-state index in [9.17, 15) is 22.0 Å². The number of ketones is 1. The van der Waals surface area contributed by atoms with Crippen molar-refractivity contribution in [1.82, 2.24) is 0 Å². The second-order valence-electron chi connectivity index (χ2n) is 5.69. The largest absolute Gasteiger partial charge is 0.294 e. The third-order valence-electron chi connectivity index (χ3n) is 3.89. The monoisotopic (exact) mass is 348 g/mol. The summed E-state index contributed by atoms with van der Waals surface area (Å²) in [6, 6.07) is 7.34. The lowest BCUT2D eigenvalue weighted by Crippen LogP contribution is -2.05. The van der Waals surface area contributed by atoms with E-state index in [0.29, 0.717) is 30.0 Å². The van der Waals surface area contributed by atoms with Crippen molar-refractivity contribution in [3.8, 4) is 11.1 Å². The van der Waals surface area contributed by atoms with E-state index in [1.54, 1.807) is 12.1 Å². The van der Waals surface area contributed by atoms with Crippen molar-refractivity contribution in [2.75, 3.05) is 6.26 Å². The molecule has 124 valence electrons. The third kappa shape index (κ3) is 3.01. The van der Waals surface area contributed by atoms with Crippen LogP contribution < -0.4 is 0 Å². The van der Waals surface area contributed by atoms with Gasteiger partial charge < -0.3 is 0 Å². The molecule has 1 aliphatic rings. The highest BCUT2D eigenvalue weighted by Gasteiger charge is 2.25. The zero-order valence-corrected chi connectivity index (χ0v) is 13.7. The molecule has 1 aliphatic carbocycles. The summed E-state index contributed by atoms with van der Waals surface area (Å²) in [7, 11) is -3.66. The molecule has 0 atom stereocenters. The molecule has 2 aromatic carbocycles. The Hall–Kier alpha value is -2.34. The molecule has 0 saturated carbocycles. The molecule has 0 N–H and O–H groups in total. The molecule has 0 bridgehead atoms. The summed E-state index contributed by atoms with van der Waals surface area (Å²) >= 11 is 0. The summed E-state index contributed by atoms with van der Waals surface area (Å²) < 4.78 is 51.6. The summed E-state index contributed by atoms with van der Waals surface area (Å²) in [6.07, 6.45) is 3.66. The quantitative estimate of drug-likeness (QED) is 0.848. The van der Waals surface area contributed by atoms with Crippen LogP contribution in [0.15, 0.2) is 47.4 Å². The lowest BCUT2D eigenvalue weighted by molar-refractivity contribution is -0.113. The Morgan fingerprint density at radius 1 is 1.04 bits per heavy atom. The number of hydrogen-bond acceptors (Lipinski definition) is 3. The van der Waals surface area contributed by atoms with Crippen LogP contribution in [0.2, 0.25) is 0 Å². The summed E-state index contributed by atoms with van der Waals surface area (Å²) in [6.45, 7) is 0. The summed E-state index contributed by atoms with van der Waals surface area (Å²) in [5, 5.41) is 0. The fourth-order valence-corrected chi connectivity index (χ4v) is 3.84. The average molecular weight is 348 g/mol. The molecule has 6 heteroatoms. The Bertz CT molecular complexity index is 956. The van der Waals surface area contributed by atoms with Crippen molar-refractivity contribution in [2.24, 2.45) is 0 Å². The molecule has 3 rings (SSSR count). The van der Waals surface area contributed by atoms with Crippen molar-refractivity contribution in [3.63, 3.8) is 0 Å². The van der Waals surface area contributed by atoms with Crippen LogP contribution in [0.5, 0.6) is 0 Å². The number of hydrogen-bond donors (Lipinski definition) is 0. The maximum absolute atomic E-state index is 13.7. The van der Waals surface area contributed by atoms with Crippen LogP contribution in [-0.4, -0.2) is 20.5 Å². The second kappa shape index (κ2) is 5.94. The lowest BCUT2D eigenvalue weighted by Gasteiger charge is -2.15. The normalized spacial score (nSPS) is 14.8. The average Bonchev–Trinajstić information content (AvgIpc) is 2.90. The SMILES string of the molecule is CS(=O)(=O)c1cccc(C2=CCCC2=O)c1-c1cc(F)cc(F)c1. The maximum atomic E-state index is 13.7. The van der Waals surface area contributed by atoms with E-state index in [0.717, 1.165) is 18.4 Å². The summed E-state index contributed by atoms with van der Waals surface area (Å²) in [5.41, 5.74) is 1.01. The Morgan fingerprint density at radius 2 is 1.71 bits per heavy atom. The molecule has 3 nitrogen and oxygen atoms in total. The molecule has 0 aliphatic heterocycles. The van der Waals surface area contributed by atoms with Crippen molar-refractivity contribution in [2.45, 2.75) is 17.7 Å². The van der Waals surface area contributed by atoms with E-state index < -0.39 is 21.5 Å². The van der Waals surface area contributed by atoms with E-state index in [1.165, 1.54) is 12.1 Å². The van der Waals surface area contributed by atoms with Crippen LogP contribution in [0.4, 0.5) is 8.78 Å². The van der Waals surface area contributed by atoms with Gasteiger partial charge >= 0.3 is 0 Å². The van der Waals surface area contributed by atoms with Gasteiger partial charge in [-0.2, -0.15) is 0 Å². The van der Waals surface area contributed by atoms with Crippen molar-refractivity contribution < 1.29 is 22.0 Å². The van der Waals surface area contributed by atoms with Gasteiger partial charge in [0.1, 0.15) is 11.6 Å². The molecule has 0 radical (unpaired) electrons. The molecule has 2 aromatic rings. The second-order valence-corrected chi connectivity index (χ2v) is 7.67. The first kappa shape index (κ1) is 16.5. The van der Waals surface area contributed by atoms with Crippen LogP contribution >= 0.6 is 0 Å². The van der Waals surface area contributed by atoms with Crippen LogP contribution in [0.25, 0.3) is 16.7 Å². The topological polar surface area (TPSA) is 51.2 Å². The van der Waals surface area contributed by atoms with Crippen LogP contribution in [0, 0.1) is 11.6 Å². The van der Waals surface area contributed by atoms with Crippen LogP contribution in [0.1, 0.15) is 18.4 Å². The van der Waals surface area contributed by atoms with Gasteiger partial charge in [0.25, 0.3) is 0 Å². The highest BCUT2D eigenvalue weighted by molar-refractivity contribution is 7.90. The van der Waals surface area contributed by atoms with Gasteiger partial charge in [0.05, 0.1) is 4.90 Å². The van der Waals surface area contributed by atoms with E-state index in [1.807, 2.05) is 0 Å². The van der Waals surface area contributed by atoms with Crippen molar-refractivity contribution in [1.29, 1.82) is 0 Å². The van der Waals surface area contributed by atoms with Gasteiger partial charge in [-0.15, -0.1) is 0 Å². The Balaban J connectivity index is 2.38. The molecule has 0 fully saturated rings. The van der Waals surface area contributed by atoms with Crippen molar-refractivity contribution in [3.05, 3.63) is 59.7 Å². The number of sulfone groups is 1. The standard InChI is InChI=1S/C18H14F2O3S/c1-24(22,23)17-7-3-5-15(14-4-2-6-16(14)21)18(17)11-8-12(19)10-13(20)9-11/h3-5,7-10H,2,6H2,1H3. The number of allylic oxidation sites excluding steroid dienone is 2. The van der Waals surface area contributed by atoms with Gasteiger partial charge in [-0.25, -0.2) is 17.2 Å². The predicted octanol–water partition coefficient (Wildman–Crippen LogP) is 3.78. The predicted molar refractivity (Wildman–Crippen MR) is 87.1 cm³/mol. The number of rotatable bonds is 3. The Labute approximate surface area is 138 Å². The molecule has 0 spiro atoms. The highest BCUT2D eigenvalue weighted by atomic mass is 32.2. The van der Waals surface area contributed by atoms with Gasteiger partial charge in [0.2, 0.25) is 0 Å². The molecule has 0 unspecified atom stereocenters. The van der Waals surface area contributed by atoms with Gasteiger partial charge in [-0.3, -0.25) is 4.79 Å².